The highest BCUT2D eigenvalue weighted by Gasteiger charge is 2.51. The maximum atomic E-state index is 12.4. The average Bonchev–Trinajstić information content (AvgIpc) is 2.68. The van der Waals surface area contributed by atoms with Crippen molar-refractivity contribution in [3.05, 3.63) is 54.1 Å². The summed E-state index contributed by atoms with van der Waals surface area (Å²) in [7, 11) is 1.64. The summed E-state index contributed by atoms with van der Waals surface area (Å²) in [5.41, 5.74) is 2.92. The molecule has 1 fully saturated rings. The van der Waals surface area contributed by atoms with Crippen molar-refractivity contribution in [2.75, 3.05) is 13.7 Å². The number of hydrogen-bond donors (Lipinski definition) is 2. The third-order valence-corrected chi connectivity index (χ3v) is 5.09. The van der Waals surface area contributed by atoms with Crippen LogP contribution >= 0.6 is 0 Å². The Morgan fingerprint density at radius 2 is 1.93 bits per heavy atom. The van der Waals surface area contributed by atoms with Gasteiger partial charge in [0.05, 0.1) is 25.8 Å². The topological polar surface area (TPSA) is 85.6 Å². The molecule has 0 radical (unpaired) electrons. The zero-order valence-corrected chi connectivity index (χ0v) is 16.3. The van der Waals surface area contributed by atoms with E-state index in [9.17, 15) is 15.2 Å². The van der Waals surface area contributed by atoms with Crippen molar-refractivity contribution in [3.8, 4) is 22.9 Å². The number of nitriles is 1. The first-order valence-electron chi connectivity index (χ1n) is 9.34. The van der Waals surface area contributed by atoms with E-state index in [1.807, 2.05) is 62.4 Å². The number of aliphatic hydroxyl groups excluding tert-OH is 1. The molecule has 3 atom stereocenters. The molecule has 2 aromatic rings. The number of urea groups is 1. The number of hydrogen-bond acceptors (Lipinski definition) is 4. The molecule has 1 aliphatic heterocycles. The SMILES string of the molecule is COc1ccccc1-c1ccc([C@H]2[C@@H](CO)N(C(=O)NC(C)C)[C@H]2C#N)cc1. The van der Waals surface area contributed by atoms with Gasteiger partial charge >= 0.3 is 6.03 Å². The van der Waals surface area contributed by atoms with Crippen molar-refractivity contribution in [3.63, 3.8) is 0 Å². The van der Waals surface area contributed by atoms with E-state index < -0.39 is 12.1 Å². The molecule has 3 rings (SSSR count). The highest BCUT2D eigenvalue weighted by atomic mass is 16.5. The molecule has 1 saturated heterocycles. The number of aliphatic hydroxyl groups is 1. The monoisotopic (exact) mass is 379 g/mol. The average molecular weight is 379 g/mol. The van der Waals surface area contributed by atoms with E-state index >= 15 is 0 Å². The van der Waals surface area contributed by atoms with E-state index in [2.05, 4.69) is 11.4 Å². The minimum atomic E-state index is -0.604. The van der Waals surface area contributed by atoms with Gasteiger partial charge in [-0.3, -0.25) is 0 Å². The van der Waals surface area contributed by atoms with Gasteiger partial charge in [-0.2, -0.15) is 5.26 Å². The Balaban J connectivity index is 1.85. The molecule has 0 bridgehead atoms. The number of likely N-dealkylation sites (tertiary alicyclic amines) is 1. The van der Waals surface area contributed by atoms with Crippen LogP contribution in [-0.2, 0) is 0 Å². The van der Waals surface area contributed by atoms with E-state index in [4.69, 9.17) is 4.74 Å². The van der Waals surface area contributed by atoms with Crippen molar-refractivity contribution in [1.82, 2.24) is 10.2 Å². The molecule has 6 nitrogen and oxygen atoms in total. The molecule has 0 unspecified atom stereocenters. The number of carbonyl (C=O) groups excluding carboxylic acids is 1. The van der Waals surface area contributed by atoms with E-state index in [1.54, 1.807) is 7.11 Å². The summed E-state index contributed by atoms with van der Waals surface area (Å²) < 4.78 is 5.42. The molecule has 1 aliphatic rings. The number of methoxy groups -OCH3 is 1. The Labute approximate surface area is 165 Å². The van der Waals surface area contributed by atoms with Gasteiger partial charge in [-0.15, -0.1) is 0 Å². The molecule has 6 heteroatoms. The number of amides is 2. The molecule has 146 valence electrons. The van der Waals surface area contributed by atoms with Gasteiger partial charge < -0.3 is 20.1 Å². The second-order valence-corrected chi connectivity index (χ2v) is 7.18. The van der Waals surface area contributed by atoms with Crippen LogP contribution in [0.15, 0.2) is 48.5 Å². The Bertz CT molecular complexity index is 873. The summed E-state index contributed by atoms with van der Waals surface area (Å²) >= 11 is 0. The minimum Gasteiger partial charge on any atom is -0.496 e. The predicted molar refractivity (Wildman–Crippen MR) is 107 cm³/mol. The van der Waals surface area contributed by atoms with Crippen LogP contribution in [0.1, 0.15) is 25.3 Å². The first-order valence-corrected chi connectivity index (χ1v) is 9.34. The van der Waals surface area contributed by atoms with Crippen LogP contribution in [0.3, 0.4) is 0 Å². The third kappa shape index (κ3) is 3.54. The Morgan fingerprint density at radius 3 is 2.50 bits per heavy atom. The van der Waals surface area contributed by atoms with Gasteiger partial charge in [0.25, 0.3) is 0 Å². The molecule has 0 aromatic heterocycles. The van der Waals surface area contributed by atoms with Gasteiger partial charge in [-0.25, -0.2) is 4.79 Å². The highest BCUT2D eigenvalue weighted by molar-refractivity contribution is 5.78. The number of rotatable bonds is 5. The summed E-state index contributed by atoms with van der Waals surface area (Å²) in [6, 6.07) is 16.5. The maximum absolute atomic E-state index is 12.4. The number of nitrogens with one attached hydrogen (secondary N) is 1. The van der Waals surface area contributed by atoms with Crippen LogP contribution < -0.4 is 10.1 Å². The molecule has 2 amide bonds. The van der Waals surface area contributed by atoms with Crippen molar-refractivity contribution in [2.24, 2.45) is 0 Å². The van der Waals surface area contributed by atoms with Crippen molar-refractivity contribution in [1.29, 1.82) is 5.26 Å². The lowest BCUT2D eigenvalue weighted by Gasteiger charge is -2.51. The van der Waals surface area contributed by atoms with Crippen LogP contribution in [0.5, 0.6) is 5.75 Å². The fourth-order valence-electron chi connectivity index (χ4n) is 3.78. The van der Waals surface area contributed by atoms with Crippen molar-refractivity contribution in [2.45, 2.75) is 37.9 Å². The quantitative estimate of drug-likeness (QED) is 0.836. The minimum absolute atomic E-state index is 0.0367. The van der Waals surface area contributed by atoms with Gasteiger partial charge in [0.2, 0.25) is 0 Å². The molecule has 2 aromatic carbocycles. The fraction of sp³-hybridized carbons (Fsp3) is 0.364. The van der Waals surface area contributed by atoms with Crippen molar-refractivity contribution >= 4 is 6.03 Å². The summed E-state index contributed by atoms with van der Waals surface area (Å²) in [6.07, 6.45) is 0. The summed E-state index contributed by atoms with van der Waals surface area (Å²) in [5.74, 6) is 0.568. The fourth-order valence-corrected chi connectivity index (χ4v) is 3.78. The zero-order valence-electron chi connectivity index (χ0n) is 16.3. The lowest BCUT2D eigenvalue weighted by molar-refractivity contribution is 0.0162. The number of ether oxygens (including phenoxy) is 1. The molecular weight excluding hydrogens is 354 g/mol. The molecule has 1 heterocycles. The predicted octanol–water partition coefficient (Wildman–Crippen LogP) is 3.13. The largest absolute Gasteiger partial charge is 0.496 e. The van der Waals surface area contributed by atoms with Gasteiger partial charge in [-0.1, -0.05) is 42.5 Å². The van der Waals surface area contributed by atoms with E-state index in [-0.39, 0.29) is 24.6 Å². The van der Waals surface area contributed by atoms with Gasteiger partial charge in [0.1, 0.15) is 11.8 Å². The van der Waals surface area contributed by atoms with Crippen LogP contribution in [0, 0.1) is 11.3 Å². The number of benzene rings is 2. The van der Waals surface area contributed by atoms with Crippen LogP contribution in [0.2, 0.25) is 0 Å². The Hall–Kier alpha value is -3.04. The zero-order chi connectivity index (χ0) is 20.3. The molecule has 0 saturated carbocycles. The maximum Gasteiger partial charge on any atom is 0.319 e. The van der Waals surface area contributed by atoms with Crippen molar-refractivity contribution < 1.29 is 14.6 Å². The Morgan fingerprint density at radius 1 is 1.25 bits per heavy atom. The lowest BCUT2D eigenvalue weighted by Crippen LogP contribution is -2.67. The lowest BCUT2D eigenvalue weighted by atomic mass is 9.75. The summed E-state index contributed by atoms with van der Waals surface area (Å²) in [5, 5.41) is 22.3. The van der Waals surface area contributed by atoms with E-state index in [0.717, 1.165) is 22.4 Å². The summed E-state index contributed by atoms with van der Waals surface area (Å²) in [4.78, 5) is 13.8. The second kappa shape index (κ2) is 8.32. The van der Waals surface area contributed by atoms with Crippen LogP contribution in [0.25, 0.3) is 11.1 Å². The van der Waals surface area contributed by atoms with Crippen LogP contribution in [-0.4, -0.2) is 47.9 Å². The van der Waals surface area contributed by atoms with E-state index in [1.165, 1.54) is 4.90 Å². The molecule has 0 spiro atoms. The smallest absolute Gasteiger partial charge is 0.319 e. The van der Waals surface area contributed by atoms with Crippen LogP contribution in [0.4, 0.5) is 4.79 Å². The normalized spacial score (nSPS) is 21.0. The molecule has 2 N–H and O–H groups in total. The third-order valence-electron chi connectivity index (χ3n) is 5.09. The summed E-state index contributed by atoms with van der Waals surface area (Å²) in [6.45, 7) is 3.53. The standard InChI is InChI=1S/C22H25N3O3/c1-14(2)24-22(27)25-18(12-23)21(19(25)13-26)16-10-8-15(9-11-16)17-6-4-5-7-20(17)28-3/h4-11,14,18-19,21,26H,13H2,1-3H3,(H,24,27)/t18-,19+,21+/m0/s1. The van der Waals surface area contributed by atoms with Gasteiger partial charge in [0, 0.05) is 17.5 Å². The number of carbonyl (C=O) groups is 1. The highest BCUT2D eigenvalue weighted by Crippen LogP contribution is 2.41. The first kappa shape index (κ1) is 19.7. The van der Waals surface area contributed by atoms with E-state index in [0.29, 0.717) is 0 Å². The number of para-hydroxylation sites is 1. The molecule has 28 heavy (non-hydrogen) atoms. The molecular formula is C22H25N3O3. The second-order valence-electron chi connectivity index (χ2n) is 7.18. The number of nitrogens with zero attached hydrogens (tertiary/aromatic N) is 2. The van der Waals surface area contributed by atoms with Gasteiger partial charge in [0.15, 0.2) is 0 Å². The first-order chi connectivity index (χ1) is 13.5. The van der Waals surface area contributed by atoms with Gasteiger partial charge in [-0.05, 0) is 31.0 Å². The molecule has 0 aliphatic carbocycles. The Kier molecular flexibility index (Phi) is 5.86.